The minimum Gasteiger partial charge on any atom is -0.486 e. The minimum absolute atomic E-state index is 0.101. The quantitative estimate of drug-likeness (QED) is 0.897. The van der Waals surface area contributed by atoms with E-state index in [1.54, 1.807) is 18.2 Å². The first kappa shape index (κ1) is 14.9. The smallest absolute Gasteiger partial charge is 0.165 e. The summed E-state index contributed by atoms with van der Waals surface area (Å²) < 4.78 is 33.0. The van der Waals surface area contributed by atoms with E-state index >= 15 is 0 Å². The van der Waals surface area contributed by atoms with E-state index < -0.39 is 5.82 Å². The van der Waals surface area contributed by atoms with Crippen LogP contribution in [-0.2, 0) is 13.0 Å². The van der Waals surface area contributed by atoms with Crippen molar-refractivity contribution in [3.63, 3.8) is 0 Å². The maximum Gasteiger partial charge on any atom is 0.165 e. The van der Waals surface area contributed by atoms with Crippen molar-refractivity contribution in [3.8, 4) is 5.75 Å². The second-order valence-corrected chi connectivity index (χ2v) is 5.29. The van der Waals surface area contributed by atoms with Crippen molar-refractivity contribution in [2.45, 2.75) is 13.0 Å². The Bertz CT molecular complexity index is 584. The first-order chi connectivity index (χ1) is 9.58. The SMILES string of the molecule is NCCc1ccc(OCc2cc(F)cc(Br)c2)c(F)c1. The van der Waals surface area contributed by atoms with Crippen molar-refractivity contribution in [2.75, 3.05) is 6.54 Å². The first-order valence-electron chi connectivity index (χ1n) is 6.15. The van der Waals surface area contributed by atoms with Crippen molar-refractivity contribution in [2.24, 2.45) is 5.73 Å². The highest BCUT2D eigenvalue weighted by Crippen LogP contribution is 2.21. The molecule has 0 bridgehead atoms. The lowest BCUT2D eigenvalue weighted by atomic mass is 10.1. The predicted molar refractivity (Wildman–Crippen MR) is 77.6 cm³/mol. The molecule has 20 heavy (non-hydrogen) atoms. The van der Waals surface area contributed by atoms with Gasteiger partial charge in [-0.25, -0.2) is 8.78 Å². The fraction of sp³-hybridized carbons (Fsp3) is 0.200. The van der Waals surface area contributed by atoms with Crippen molar-refractivity contribution >= 4 is 15.9 Å². The van der Waals surface area contributed by atoms with E-state index in [2.05, 4.69) is 15.9 Å². The molecule has 2 rings (SSSR count). The third-order valence-corrected chi connectivity index (χ3v) is 3.20. The highest BCUT2D eigenvalue weighted by molar-refractivity contribution is 9.10. The van der Waals surface area contributed by atoms with Crippen LogP contribution in [0.3, 0.4) is 0 Å². The zero-order valence-electron chi connectivity index (χ0n) is 10.7. The summed E-state index contributed by atoms with van der Waals surface area (Å²) in [5, 5.41) is 0. The first-order valence-corrected chi connectivity index (χ1v) is 6.94. The van der Waals surface area contributed by atoms with Crippen LogP contribution in [0.1, 0.15) is 11.1 Å². The topological polar surface area (TPSA) is 35.2 Å². The van der Waals surface area contributed by atoms with Gasteiger partial charge in [-0.1, -0.05) is 22.0 Å². The fourth-order valence-electron chi connectivity index (χ4n) is 1.84. The Labute approximate surface area is 124 Å². The summed E-state index contributed by atoms with van der Waals surface area (Å²) in [5.41, 5.74) is 6.87. The van der Waals surface area contributed by atoms with Gasteiger partial charge in [0.25, 0.3) is 0 Å². The molecule has 0 heterocycles. The number of nitrogens with two attached hydrogens (primary N) is 1. The third-order valence-electron chi connectivity index (χ3n) is 2.75. The molecule has 0 radical (unpaired) electrons. The van der Waals surface area contributed by atoms with Gasteiger partial charge < -0.3 is 10.5 Å². The van der Waals surface area contributed by atoms with Crippen LogP contribution in [0.2, 0.25) is 0 Å². The lowest BCUT2D eigenvalue weighted by Crippen LogP contribution is -2.04. The van der Waals surface area contributed by atoms with Gasteiger partial charge in [-0.05, 0) is 54.4 Å². The summed E-state index contributed by atoms with van der Waals surface area (Å²) in [6, 6.07) is 9.17. The number of rotatable bonds is 5. The molecule has 0 amide bonds. The molecule has 2 nitrogen and oxygen atoms in total. The van der Waals surface area contributed by atoms with Crippen LogP contribution in [0.15, 0.2) is 40.9 Å². The van der Waals surface area contributed by atoms with Crippen molar-refractivity contribution < 1.29 is 13.5 Å². The summed E-state index contributed by atoms with van der Waals surface area (Å²) >= 11 is 3.20. The highest BCUT2D eigenvalue weighted by atomic mass is 79.9. The van der Waals surface area contributed by atoms with Crippen LogP contribution in [-0.4, -0.2) is 6.54 Å². The average Bonchev–Trinajstić information content (AvgIpc) is 2.37. The Kier molecular flexibility index (Phi) is 5.09. The Hall–Kier alpha value is -1.46. The Morgan fingerprint density at radius 3 is 2.50 bits per heavy atom. The van der Waals surface area contributed by atoms with Gasteiger partial charge in [0.05, 0.1) is 0 Å². The molecular weight excluding hydrogens is 328 g/mol. The number of halogens is 3. The molecule has 2 aromatic rings. The standard InChI is InChI=1S/C15H14BrF2NO/c16-12-5-11(6-13(17)8-12)9-20-15-2-1-10(3-4-19)7-14(15)18/h1-2,5-8H,3-4,9,19H2. The van der Waals surface area contributed by atoms with E-state index in [-0.39, 0.29) is 18.2 Å². The Morgan fingerprint density at radius 2 is 1.85 bits per heavy atom. The number of hydrogen-bond donors (Lipinski definition) is 1. The highest BCUT2D eigenvalue weighted by Gasteiger charge is 2.06. The Morgan fingerprint density at radius 1 is 1.05 bits per heavy atom. The molecule has 2 N–H and O–H groups in total. The Balaban J connectivity index is 2.06. The summed E-state index contributed by atoms with van der Waals surface area (Å²) in [4.78, 5) is 0. The molecule has 0 fully saturated rings. The van der Waals surface area contributed by atoms with Crippen LogP contribution in [0.4, 0.5) is 8.78 Å². The molecule has 106 valence electrons. The van der Waals surface area contributed by atoms with E-state index in [4.69, 9.17) is 10.5 Å². The van der Waals surface area contributed by atoms with Crippen molar-refractivity contribution in [1.82, 2.24) is 0 Å². The van der Waals surface area contributed by atoms with Crippen molar-refractivity contribution in [1.29, 1.82) is 0 Å². The second-order valence-electron chi connectivity index (χ2n) is 4.37. The largest absolute Gasteiger partial charge is 0.486 e. The van der Waals surface area contributed by atoms with Crippen LogP contribution in [0, 0.1) is 11.6 Å². The van der Waals surface area contributed by atoms with E-state index in [0.717, 1.165) is 5.56 Å². The molecule has 5 heteroatoms. The lowest BCUT2D eigenvalue weighted by Gasteiger charge is -2.09. The molecule has 0 aliphatic rings. The molecule has 0 aliphatic carbocycles. The van der Waals surface area contributed by atoms with Crippen LogP contribution in [0.5, 0.6) is 5.75 Å². The lowest BCUT2D eigenvalue weighted by molar-refractivity contribution is 0.289. The van der Waals surface area contributed by atoms with E-state index in [9.17, 15) is 8.78 Å². The van der Waals surface area contributed by atoms with E-state index in [0.29, 0.717) is 23.0 Å². The van der Waals surface area contributed by atoms with E-state index in [1.165, 1.54) is 18.2 Å². The van der Waals surface area contributed by atoms with Gasteiger partial charge in [-0.2, -0.15) is 0 Å². The van der Waals surface area contributed by atoms with Crippen molar-refractivity contribution in [3.05, 3.63) is 63.6 Å². The fourth-order valence-corrected chi connectivity index (χ4v) is 2.35. The minimum atomic E-state index is -0.439. The van der Waals surface area contributed by atoms with Gasteiger partial charge in [-0.15, -0.1) is 0 Å². The zero-order valence-corrected chi connectivity index (χ0v) is 12.3. The summed E-state index contributed by atoms with van der Waals surface area (Å²) in [7, 11) is 0. The summed E-state index contributed by atoms with van der Waals surface area (Å²) in [6.07, 6.45) is 0.619. The maximum atomic E-state index is 13.8. The van der Waals surface area contributed by atoms with Gasteiger partial charge in [0, 0.05) is 4.47 Å². The van der Waals surface area contributed by atoms with Gasteiger partial charge in [-0.3, -0.25) is 0 Å². The molecule has 0 saturated heterocycles. The normalized spacial score (nSPS) is 10.6. The van der Waals surface area contributed by atoms with Gasteiger partial charge in [0.1, 0.15) is 12.4 Å². The van der Waals surface area contributed by atoms with Gasteiger partial charge in [0.15, 0.2) is 11.6 Å². The van der Waals surface area contributed by atoms with Crippen LogP contribution >= 0.6 is 15.9 Å². The predicted octanol–water partition coefficient (Wildman–Crippen LogP) is 3.81. The maximum absolute atomic E-state index is 13.8. The third kappa shape index (κ3) is 4.02. The molecule has 0 aliphatic heterocycles. The average molecular weight is 342 g/mol. The zero-order chi connectivity index (χ0) is 14.5. The molecule has 0 saturated carbocycles. The molecular formula is C15H14BrF2NO. The molecule has 0 atom stereocenters. The number of benzene rings is 2. The van der Waals surface area contributed by atoms with Gasteiger partial charge >= 0.3 is 0 Å². The monoisotopic (exact) mass is 341 g/mol. The molecule has 0 spiro atoms. The summed E-state index contributed by atoms with van der Waals surface area (Å²) in [5.74, 6) is -0.658. The second kappa shape index (κ2) is 6.81. The van der Waals surface area contributed by atoms with Gasteiger partial charge in [0.2, 0.25) is 0 Å². The molecule has 0 aromatic heterocycles. The number of hydrogen-bond acceptors (Lipinski definition) is 2. The van der Waals surface area contributed by atoms with Crippen LogP contribution < -0.4 is 10.5 Å². The van der Waals surface area contributed by atoms with Crippen LogP contribution in [0.25, 0.3) is 0 Å². The summed E-state index contributed by atoms with van der Waals surface area (Å²) in [6.45, 7) is 0.570. The molecule has 0 unspecified atom stereocenters. The van der Waals surface area contributed by atoms with E-state index in [1.807, 2.05) is 0 Å². The number of ether oxygens (including phenoxy) is 1. The molecule has 2 aromatic carbocycles.